The number of carbonyl (C=O) groups excluding carboxylic acids is 1. The molecule has 1 aliphatic heterocycles. The maximum absolute atomic E-state index is 13.0. The molecule has 164 valence electrons. The maximum Gasteiger partial charge on any atom is 0.243 e. The van der Waals surface area contributed by atoms with Gasteiger partial charge in [0, 0.05) is 24.7 Å². The molecule has 0 atom stereocenters. The Labute approximate surface area is 187 Å². The molecule has 8 heteroatoms. The van der Waals surface area contributed by atoms with Crippen LogP contribution >= 0.6 is 11.3 Å². The molecule has 1 N–H and O–H groups in total. The predicted octanol–water partition coefficient (Wildman–Crippen LogP) is 4.77. The lowest BCUT2D eigenvalue weighted by atomic mass is 9.97. The SMILES string of the molecule is Cc1nc2ccc(NC(=O)C3CCN(S(=O)(=O)c4ccc(C(C)C)cc4)CC3)cc2s1. The minimum absolute atomic E-state index is 0.0566. The van der Waals surface area contributed by atoms with Crippen molar-refractivity contribution in [3.63, 3.8) is 0 Å². The summed E-state index contributed by atoms with van der Waals surface area (Å²) in [7, 11) is -3.54. The van der Waals surface area contributed by atoms with Gasteiger partial charge in [0.15, 0.2) is 0 Å². The largest absolute Gasteiger partial charge is 0.326 e. The van der Waals surface area contributed by atoms with E-state index in [0.29, 0.717) is 36.7 Å². The summed E-state index contributed by atoms with van der Waals surface area (Å²) in [5.41, 5.74) is 2.79. The normalized spacial score (nSPS) is 16.1. The van der Waals surface area contributed by atoms with Crippen LogP contribution in [0.4, 0.5) is 5.69 Å². The number of amides is 1. The minimum Gasteiger partial charge on any atom is -0.326 e. The lowest BCUT2D eigenvalue weighted by Gasteiger charge is -2.30. The Morgan fingerprint density at radius 1 is 1.13 bits per heavy atom. The molecule has 0 radical (unpaired) electrons. The Morgan fingerprint density at radius 2 is 1.81 bits per heavy atom. The Morgan fingerprint density at radius 3 is 2.45 bits per heavy atom. The zero-order chi connectivity index (χ0) is 22.2. The first-order valence-corrected chi connectivity index (χ1v) is 12.8. The molecule has 2 heterocycles. The lowest BCUT2D eigenvalue weighted by Crippen LogP contribution is -2.41. The van der Waals surface area contributed by atoms with Gasteiger partial charge in [0.2, 0.25) is 15.9 Å². The van der Waals surface area contributed by atoms with E-state index < -0.39 is 10.0 Å². The number of aromatic nitrogens is 1. The maximum atomic E-state index is 13.0. The molecule has 4 rings (SSSR count). The van der Waals surface area contributed by atoms with Gasteiger partial charge < -0.3 is 5.32 Å². The van der Waals surface area contributed by atoms with Crippen molar-refractivity contribution >= 4 is 43.2 Å². The van der Waals surface area contributed by atoms with Gasteiger partial charge >= 0.3 is 0 Å². The molecule has 0 bridgehead atoms. The summed E-state index contributed by atoms with van der Waals surface area (Å²) in [6, 6.07) is 12.8. The smallest absolute Gasteiger partial charge is 0.243 e. The summed E-state index contributed by atoms with van der Waals surface area (Å²) in [5.74, 6) is 0.0967. The fraction of sp³-hybridized carbons (Fsp3) is 0.391. The number of nitrogens with zero attached hydrogens (tertiary/aromatic N) is 2. The van der Waals surface area contributed by atoms with Crippen LogP contribution in [-0.4, -0.2) is 36.7 Å². The second-order valence-corrected chi connectivity index (χ2v) is 11.5. The van der Waals surface area contributed by atoms with E-state index in [4.69, 9.17) is 0 Å². The molecule has 2 aromatic carbocycles. The van der Waals surface area contributed by atoms with Crippen molar-refractivity contribution in [2.75, 3.05) is 18.4 Å². The standard InChI is InChI=1S/C23H27N3O3S2/c1-15(2)17-4-7-20(8-5-17)31(28,29)26-12-10-18(11-13-26)23(27)25-19-6-9-21-22(14-19)30-16(3)24-21/h4-9,14-15,18H,10-13H2,1-3H3,(H,25,27). The van der Waals surface area contributed by atoms with E-state index in [9.17, 15) is 13.2 Å². The zero-order valence-corrected chi connectivity index (χ0v) is 19.6. The average Bonchev–Trinajstić information content (AvgIpc) is 3.13. The summed E-state index contributed by atoms with van der Waals surface area (Å²) in [5, 5.41) is 3.98. The molecule has 3 aromatic rings. The van der Waals surface area contributed by atoms with E-state index in [1.165, 1.54) is 4.31 Å². The van der Waals surface area contributed by atoms with Crippen LogP contribution in [0.5, 0.6) is 0 Å². The first-order valence-electron chi connectivity index (χ1n) is 10.5. The van der Waals surface area contributed by atoms with E-state index in [0.717, 1.165) is 26.5 Å². The van der Waals surface area contributed by atoms with Gasteiger partial charge in [0.1, 0.15) is 0 Å². The minimum atomic E-state index is -3.54. The van der Waals surface area contributed by atoms with E-state index in [1.54, 1.807) is 23.5 Å². The van der Waals surface area contributed by atoms with Crippen molar-refractivity contribution in [2.24, 2.45) is 5.92 Å². The Kier molecular flexibility index (Phi) is 6.14. The average molecular weight is 458 g/mol. The lowest BCUT2D eigenvalue weighted by molar-refractivity contribution is -0.120. The number of thiazole rings is 1. The van der Waals surface area contributed by atoms with E-state index in [-0.39, 0.29) is 11.8 Å². The van der Waals surface area contributed by atoms with Crippen molar-refractivity contribution in [1.29, 1.82) is 0 Å². The van der Waals surface area contributed by atoms with Crippen LogP contribution in [0, 0.1) is 12.8 Å². The van der Waals surface area contributed by atoms with Gasteiger partial charge in [-0.15, -0.1) is 11.3 Å². The topological polar surface area (TPSA) is 79.4 Å². The number of piperidine rings is 1. The molecule has 6 nitrogen and oxygen atoms in total. The number of rotatable bonds is 5. The van der Waals surface area contributed by atoms with E-state index >= 15 is 0 Å². The summed E-state index contributed by atoms with van der Waals surface area (Å²) in [6.07, 6.45) is 1.02. The molecule has 0 aliphatic carbocycles. The van der Waals surface area contributed by atoms with Crippen molar-refractivity contribution in [1.82, 2.24) is 9.29 Å². The van der Waals surface area contributed by atoms with E-state index in [1.807, 2.05) is 37.3 Å². The van der Waals surface area contributed by atoms with Gasteiger partial charge in [-0.1, -0.05) is 26.0 Å². The number of fused-ring (bicyclic) bond motifs is 1. The molecule has 1 saturated heterocycles. The summed E-state index contributed by atoms with van der Waals surface area (Å²) >= 11 is 1.60. The number of carbonyl (C=O) groups is 1. The monoisotopic (exact) mass is 457 g/mol. The van der Waals surface area contributed by atoms with Crippen molar-refractivity contribution in [2.45, 2.75) is 44.4 Å². The first kappa shape index (κ1) is 21.9. The summed E-state index contributed by atoms with van der Waals surface area (Å²) < 4.78 is 28.5. The molecule has 0 saturated carbocycles. The highest BCUT2D eigenvalue weighted by Crippen LogP contribution is 2.28. The van der Waals surface area contributed by atoms with Crippen LogP contribution in [0.1, 0.15) is 43.2 Å². The molecular formula is C23H27N3O3S2. The predicted molar refractivity (Wildman–Crippen MR) is 125 cm³/mol. The van der Waals surface area contributed by atoms with Crippen molar-refractivity contribution in [3.8, 4) is 0 Å². The van der Waals surface area contributed by atoms with Gasteiger partial charge in [0.25, 0.3) is 0 Å². The molecule has 1 aromatic heterocycles. The molecular weight excluding hydrogens is 430 g/mol. The third-order valence-corrected chi connectivity index (χ3v) is 8.62. The third-order valence-electron chi connectivity index (χ3n) is 5.77. The van der Waals surface area contributed by atoms with Gasteiger partial charge in [0.05, 0.1) is 20.1 Å². The number of hydrogen-bond donors (Lipinski definition) is 1. The van der Waals surface area contributed by atoms with E-state index in [2.05, 4.69) is 24.1 Å². The Hall–Kier alpha value is -2.29. The van der Waals surface area contributed by atoms with Gasteiger partial charge in [-0.05, 0) is 61.6 Å². The molecule has 31 heavy (non-hydrogen) atoms. The van der Waals surface area contributed by atoms with Crippen LogP contribution in [0.2, 0.25) is 0 Å². The van der Waals surface area contributed by atoms with Crippen molar-refractivity contribution in [3.05, 3.63) is 53.0 Å². The highest BCUT2D eigenvalue weighted by Gasteiger charge is 2.32. The molecule has 1 aliphatic rings. The third kappa shape index (κ3) is 4.66. The molecule has 1 amide bonds. The second kappa shape index (κ2) is 8.68. The van der Waals surface area contributed by atoms with Gasteiger partial charge in [-0.25, -0.2) is 13.4 Å². The summed E-state index contributed by atoms with van der Waals surface area (Å²) in [6.45, 7) is 6.81. The number of nitrogens with one attached hydrogen (secondary N) is 1. The van der Waals surface area contributed by atoms with Crippen LogP contribution < -0.4 is 5.32 Å². The Balaban J connectivity index is 1.38. The molecule has 0 spiro atoms. The zero-order valence-electron chi connectivity index (χ0n) is 18.0. The number of benzene rings is 2. The van der Waals surface area contributed by atoms with Crippen molar-refractivity contribution < 1.29 is 13.2 Å². The van der Waals surface area contributed by atoms with Crippen LogP contribution in [0.15, 0.2) is 47.4 Å². The molecule has 0 unspecified atom stereocenters. The first-order chi connectivity index (χ1) is 14.7. The highest BCUT2D eigenvalue weighted by molar-refractivity contribution is 7.89. The number of hydrogen-bond acceptors (Lipinski definition) is 5. The number of sulfonamides is 1. The highest BCUT2D eigenvalue weighted by atomic mass is 32.2. The van der Waals surface area contributed by atoms with Crippen LogP contribution in [0.3, 0.4) is 0 Å². The van der Waals surface area contributed by atoms with Gasteiger partial charge in [-0.2, -0.15) is 4.31 Å². The van der Waals surface area contributed by atoms with Crippen LogP contribution in [-0.2, 0) is 14.8 Å². The Bertz CT molecular complexity index is 1190. The fourth-order valence-electron chi connectivity index (χ4n) is 3.89. The number of anilines is 1. The molecule has 1 fully saturated rings. The quantitative estimate of drug-likeness (QED) is 0.599. The second-order valence-electron chi connectivity index (χ2n) is 8.31. The van der Waals surface area contributed by atoms with Gasteiger partial charge in [-0.3, -0.25) is 4.79 Å². The number of aryl methyl sites for hydroxylation is 1. The van der Waals surface area contributed by atoms with Crippen LogP contribution in [0.25, 0.3) is 10.2 Å². The fourth-order valence-corrected chi connectivity index (χ4v) is 6.23. The summed E-state index contributed by atoms with van der Waals surface area (Å²) in [4.78, 5) is 17.5.